The van der Waals surface area contributed by atoms with Crippen molar-refractivity contribution in [3.8, 4) is 0 Å². The van der Waals surface area contributed by atoms with Gasteiger partial charge in [0.15, 0.2) is 0 Å². The Hall–Kier alpha value is -2.88. The van der Waals surface area contributed by atoms with Crippen LogP contribution in [0.3, 0.4) is 0 Å². The van der Waals surface area contributed by atoms with Gasteiger partial charge in [0.05, 0.1) is 12.1 Å². The zero-order valence-corrected chi connectivity index (χ0v) is 17.2. The largest absolute Gasteiger partial charge is 0.326 e. The van der Waals surface area contributed by atoms with Crippen molar-refractivity contribution in [1.82, 2.24) is 9.78 Å². The topological polar surface area (TPSA) is 46.9 Å². The van der Waals surface area contributed by atoms with E-state index in [0.717, 1.165) is 41.2 Å². The predicted molar refractivity (Wildman–Crippen MR) is 115 cm³/mol. The zero-order valence-electron chi connectivity index (χ0n) is 17.2. The molecule has 1 aromatic heterocycles. The van der Waals surface area contributed by atoms with Gasteiger partial charge in [-0.25, -0.2) is 0 Å². The molecule has 0 spiro atoms. The molecule has 3 rings (SSSR count). The molecule has 0 saturated carbocycles. The Labute approximate surface area is 167 Å². The number of carbonyl (C=O) groups excluding carboxylic acids is 1. The fourth-order valence-corrected chi connectivity index (χ4v) is 3.48. The molecule has 0 saturated heterocycles. The number of para-hydroxylation sites is 1. The molecule has 0 aliphatic rings. The van der Waals surface area contributed by atoms with E-state index in [1.165, 1.54) is 5.56 Å². The summed E-state index contributed by atoms with van der Waals surface area (Å²) in [6.45, 7) is 9.25. The molecule has 146 valence electrons. The van der Waals surface area contributed by atoms with E-state index in [1.807, 2.05) is 54.9 Å². The number of rotatable bonds is 7. The molecule has 4 nitrogen and oxygen atoms in total. The van der Waals surface area contributed by atoms with Gasteiger partial charge < -0.3 is 5.32 Å². The Morgan fingerprint density at radius 2 is 1.71 bits per heavy atom. The molecule has 0 atom stereocenters. The molecule has 0 aliphatic carbocycles. The van der Waals surface area contributed by atoms with Crippen LogP contribution in [-0.2, 0) is 24.2 Å². The molecule has 1 N–H and O–H groups in total. The van der Waals surface area contributed by atoms with Crippen LogP contribution in [0.5, 0.6) is 0 Å². The van der Waals surface area contributed by atoms with E-state index in [0.29, 0.717) is 12.3 Å². The maximum absolute atomic E-state index is 12.8. The average Bonchev–Trinajstić information content (AvgIpc) is 2.91. The Morgan fingerprint density at radius 3 is 2.43 bits per heavy atom. The molecule has 2 aromatic carbocycles. The van der Waals surface area contributed by atoms with Gasteiger partial charge in [-0.3, -0.25) is 9.48 Å². The number of aromatic nitrogens is 2. The van der Waals surface area contributed by atoms with Crippen molar-refractivity contribution in [3.63, 3.8) is 0 Å². The standard InChI is InChI=1S/C24H29N3O/c1-17(2)16-27-19(4)22(18(3)26-27)15-24(28)25-23-13-9-8-12-21(23)14-20-10-6-5-7-11-20/h5-13,17H,14-16H2,1-4H3,(H,25,28). The van der Waals surface area contributed by atoms with E-state index in [4.69, 9.17) is 0 Å². The first-order chi connectivity index (χ1) is 13.4. The number of benzene rings is 2. The third-order valence-electron chi connectivity index (χ3n) is 4.94. The van der Waals surface area contributed by atoms with Crippen LogP contribution in [0.1, 0.15) is 41.9 Å². The van der Waals surface area contributed by atoms with Gasteiger partial charge >= 0.3 is 0 Å². The number of carbonyl (C=O) groups is 1. The summed E-state index contributed by atoms with van der Waals surface area (Å²) in [5.74, 6) is 0.514. The Kier molecular flexibility index (Phi) is 6.30. The molecule has 0 fully saturated rings. The highest BCUT2D eigenvalue weighted by Crippen LogP contribution is 2.21. The first kappa shape index (κ1) is 19.9. The lowest BCUT2D eigenvalue weighted by atomic mass is 10.0. The number of anilines is 1. The zero-order chi connectivity index (χ0) is 20.1. The highest BCUT2D eigenvalue weighted by Gasteiger charge is 2.16. The number of amides is 1. The lowest BCUT2D eigenvalue weighted by Gasteiger charge is -2.12. The van der Waals surface area contributed by atoms with Crippen LogP contribution in [-0.4, -0.2) is 15.7 Å². The van der Waals surface area contributed by atoms with Crippen LogP contribution in [0.15, 0.2) is 54.6 Å². The molecule has 1 amide bonds. The molecular formula is C24H29N3O. The van der Waals surface area contributed by atoms with Crippen LogP contribution >= 0.6 is 0 Å². The van der Waals surface area contributed by atoms with E-state index in [1.54, 1.807) is 0 Å². The van der Waals surface area contributed by atoms with E-state index in [2.05, 4.69) is 42.5 Å². The van der Waals surface area contributed by atoms with Gasteiger partial charge in [-0.1, -0.05) is 62.4 Å². The number of nitrogens with zero attached hydrogens (tertiary/aromatic N) is 2. The number of nitrogens with one attached hydrogen (secondary N) is 1. The molecule has 4 heteroatoms. The smallest absolute Gasteiger partial charge is 0.228 e. The lowest BCUT2D eigenvalue weighted by molar-refractivity contribution is -0.115. The van der Waals surface area contributed by atoms with Gasteiger partial charge in [-0.05, 0) is 43.4 Å². The van der Waals surface area contributed by atoms with Crippen molar-refractivity contribution in [3.05, 3.63) is 82.7 Å². The molecule has 0 aliphatic heterocycles. The second kappa shape index (κ2) is 8.87. The van der Waals surface area contributed by atoms with Crippen molar-refractivity contribution in [2.24, 2.45) is 5.92 Å². The summed E-state index contributed by atoms with van der Waals surface area (Å²) < 4.78 is 2.02. The average molecular weight is 376 g/mol. The van der Waals surface area contributed by atoms with E-state index in [-0.39, 0.29) is 5.91 Å². The van der Waals surface area contributed by atoms with Crippen LogP contribution in [0.2, 0.25) is 0 Å². The van der Waals surface area contributed by atoms with Crippen LogP contribution in [0.25, 0.3) is 0 Å². The molecular weight excluding hydrogens is 346 g/mol. The third kappa shape index (κ3) is 4.89. The van der Waals surface area contributed by atoms with Gasteiger partial charge in [0.25, 0.3) is 0 Å². The predicted octanol–water partition coefficient (Wildman–Crippen LogP) is 4.93. The van der Waals surface area contributed by atoms with Crippen LogP contribution < -0.4 is 5.32 Å². The molecule has 0 unspecified atom stereocenters. The first-order valence-electron chi connectivity index (χ1n) is 9.88. The fourth-order valence-electron chi connectivity index (χ4n) is 3.48. The first-order valence-corrected chi connectivity index (χ1v) is 9.88. The second-order valence-corrected chi connectivity index (χ2v) is 7.77. The maximum Gasteiger partial charge on any atom is 0.228 e. The monoisotopic (exact) mass is 375 g/mol. The molecule has 3 aromatic rings. The lowest BCUT2D eigenvalue weighted by Crippen LogP contribution is -2.17. The second-order valence-electron chi connectivity index (χ2n) is 7.77. The summed E-state index contributed by atoms with van der Waals surface area (Å²) in [5, 5.41) is 7.73. The minimum Gasteiger partial charge on any atom is -0.326 e. The summed E-state index contributed by atoms with van der Waals surface area (Å²) in [7, 11) is 0. The van der Waals surface area contributed by atoms with Gasteiger partial charge in [0, 0.05) is 23.5 Å². The SMILES string of the molecule is Cc1nn(CC(C)C)c(C)c1CC(=O)Nc1ccccc1Cc1ccccc1. The van der Waals surface area contributed by atoms with E-state index >= 15 is 0 Å². The minimum absolute atomic E-state index is 0.00388. The van der Waals surface area contributed by atoms with Crippen molar-refractivity contribution >= 4 is 11.6 Å². The number of aryl methyl sites for hydroxylation is 1. The molecule has 1 heterocycles. The maximum atomic E-state index is 12.8. The van der Waals surface area contributed by atoms with Crippen molar-refractivity contribution < 1.29 is 4.79 Å². The number of hydrogen-bond acceptors (Lipinski definition) is 2. The summed E-state index contributed by atoms with van der Waals surface area (Å²) in [6, 6.07) is 18.3. The molecule has 28 heavy (non-hydrogen) atoms. The van der Waals surface area contributed by atoms with E-state index < -0.39 is 0 Å². The van der Waals surface area contributed by atoms with Gasteiger partial charge in [0.1, 0.15) is 0 Å². The van der Waals surface area contributed by atoms with Crippen molar-refractivity contribution in [2.45, 2.75) is 47.1 Å². The highest BCUT2D eigenvalue weighted by atomic mass is 16.1. The summed E-state index contributed by atoms with van der Waals surface area (Å²) >= 11 is 0. The minimum atomic E-state index is -0.00388. The Bertz CT molecular complexity index is 942. The van der Waals surface area contributed by atoms with Crippen molar-refractivity contribution in [1.29, 1.82) is 0 Å². The molecule has 0 bridgehead atoms. The summed E-state index contributed by atoms with van der Waals surface area (Å²) in [4.78, 5) is 12.8. The highest BCUT2D eigenvalue weighted by molar-refractivity contribution is 5.93. The van der Waals surface area contributed by atoms with Gasteiger partial charge in [0.2, 0.25) is 5.91 Å². The fraction of sp³-hybridized carbons (Fsp3) is 0.333. The summed E-state index contributed by atoms with van der Waals surface area (Å²) in [6.07, 6.45) is 1.14. The van der Waals surface area contributed by atoms with Crippen LogP contribution in [0.4, 0.5) is 5.69 Å². The van der Waals surface area contributed by atoms with E-state index in [9.17, 15) is 4.79 Å². The quantitative estimate of drug-likeness (QED) is 0.636. The molecule has 0 radical (unpaired) electrons. The Balaban J connectivity index is 1.73. The Morgan fingerprint density at radius 1 is 1.04 bits per heavy atom. The van der Waals surface area contributed by atoms with Crippen LogP contribution in [0, 0.1) is 19.8 Å². The van der Waals surface area contributed by atoms with Gasteiger partial charge in [-0.15, -0.1) is 0 Å². The van der Waals surface area contributed by atoms with Gasteiger partial charge in [-0.2, -0.15) is 5.10 Å². The van der Waals surface area contributed by atoms with Crippen molar-refractivity contribution in [2.75, 3.05) is 5.32 Å². The normalized spacial score (nSPS) is 11.0. The number of hydrogen-bond donors (Lipinski definition) is 1. The third-order valence-corrected chi connectivity index (χ3v) is 4.94. The summed E-state index contributed by atoms with van der Waals surface area (Å²) in [5.41, 5.74) is 6.27.